The van der Waals surface area contributed by atoms with Gasteiger partial charge in [-0.1, -0.05) is 49.2 Å². The van der Waals surface area contributed by atoms with Crippen LogP contribution in [-0.2, 0) is 6.42 Å². The number of benzene rings is 1. The van der Waals surface area contributed by atoms with Crippen LogP contribution in [-0.4, -0.2) is 41.1 Å². The predicted molar refractivity (Wildman–Crippen MR) is 134 cm³/mol. The smallest absolute Gasteiger partial charge is 0.140 e. The van der Waals surface area contributed by atoms with Gasteiger partial charge >= 0.3 is 0 Å². The summed E-state index contributed by atoms with van der Waals surface area (Å²) in [7, 11) is 0. The van der Waals surface area contributed by atoms with E-state index in [2.05, 4.69) is 44.2 Å². The molecule has 0 saturated carbocycles. The summed E-state index contributed by atoms with van der Waals surface area (Å²) in [6.45, 7) is 10.1. The first-order valence-electron chi connectivity index (χ1n) is 11.2. The summed E-state index contributed by atoms with van der Waals surface area (Å²) < 4.78 is 0. The van der Waals surface area contributed by atoms with E-state index in [0.717, 1.165) is 66.0 Å². The molecule has 3 heterocycles. The Balaban J connectivity index is 0.000000243. The van der Waals surface area contributed by atoms with E-state index in [0.29, 0.717) is 0 Å². The van der Waals surface area contributed by atoms with Crippen LogP contribution >= 0.6 is 11.6 Å². The fourth-order valence-electron chi connectivity index (χ4n) is 3.82. The number of halogens is 1. The maximum atomic E-state index is 5.78. The van der Waals surface area contributed by atoms with Crippen LogP contribution in [0.2, 0.25) is 5.02 Å². The van der Waals surface area contributed by atoms with Gasteiger partial charge in [-0.25, -0.2) is 9.97 Å². The van der Waals surface area contributed by atoms with E-state index in [1.54, 1.807) is 6.33 Å². The Morgan fingerprint density at radius 1 is 1.09 bits per heavy atom. The summed E-state index contributed by atoms with van der Waals surface area (Å²) >= 11 is 5.78. The normalized spacial score (nSPS) is 14.0. The summed E-state index contributed by atoms with van der Waals surface area (Å²) in [6, 6.07) is 14.0. The van der Waals surface area contributed by atoms with Crippen molar-refractivity contribution in [2.75, 3.05) is 31.1 Å². The van der Waals surface area contributed by atoms with Crippen LogP contribution in [0.25, 0.3) is 5.57 Å². The number of piperazine rings is 1. The predicted octanol–water partition coefficient (Wildman–Crippen LogP) is 5.33. The summed E-state index contributed by atoms with van der Waals surface area (Å²) in [5, 5.41) is 4.22. The highest BCUT2D eigenvalue weighted by Gasteiger charge is 2.21. The highest BCUT2D eigenvalue weighted by Crippen LogP contribution is 2.31. The van der Waals surface area contributed by atoms with Gasteiger partial charge in [-0.15, -0.1) is 0 Å². The topological polar surface area (TPSA) is 53.9 Å². The number of allylic oxidation sites excluding steroid dienone is 1. The fourth-order valence-corrected chi connectivity index (χ4v) is 4.03. The molecule has 0 aliphatic carbocycles. The Kier molecular flexibility index (Phi) is 9.20. The van der Waals surface area contributed by atoms with Gasteiger partial charge in [-0.3, -0.25) is 4.98 Å². The van der Waals surface area contributed by atoms with E-state index >= 15 is 0 Å². The third-order valence-electron chi connectivity index (χ3n) is 5.36. The average molecular weight is 450 g/mol. The number of nitrogens with one attached hydrogen (secondary N) is 1. The van der Waals surface area contributed by atoms with Gasteiger partial charge in [0.25, 0.3) is 0 Å². The second kappa shape index (κ2) is 12.3. The van der Waals surface area contributed by atoms with Crippen LogP contribution in [0.15, 0.2) is 61.1 Å². The minimum Gasteiger partial charge on any atom is -0.353 e. The van der Waals surface area contributed by atoms with Crippen molar-refractivity contribution in [3.05, 3.63) is 88.6 Å². The SMILES string of the molecule is C/C=C(/c1ccccn1)c1c(C)ncnc1N1CCNCC1.CCCc1cccc(Cl)c1. The summed E-state index contributed by atoms with van der Waals surface area (Å²) in [4.78, 5) is 15.8. The van der Waals surface area contributed by atoms with E-state index in [1.165, 1.54) is 12.0 Å². The van der Waals surface area contributed by atoms with E-state index in [9.17, 15) is 0 Å². The van der Waals surface area contributed by atoms with Crippen LogP contribution < -0.4 is 10.2 Å². The van der Waals surface area contributed by atoms with Crippen molar-refractivity contribution in [3.8, 4) is 0 Å². The molecule has 0 unspecified atom stereocenters. The molecule has 6 heteroatoms. The molecule has 3 aromatic rings. The first-order valence-corrected chi connectivity index (χ1v) is 11.6. The third kappa shape index (κ3) is 6.38. The number of aryl methyl sites for hydroxylation is 2. The zero-order chi connectivity index (χ0) is 22.8. The Morgan fingerprint density at radius 2 is 1.91 bits per heavy atom. The van der Waals surface area contributed by atoms with Crippen molar-refractivity contribution in [3.63, 3.8) is 0 Å². The number of rotatable bonds is 5. The van der Waals surface area contributed by atoms with Crippen LogP contribution in [0, 0.1) is 6.92 Å². The lowest BCUT2D eigenvalue weighted by molar-refractivity contribution is 0.584. The first kappa shape index (κ1) is 23.9. The molecule has 1 aliphatic rings. The molecule has 0 radical (unpaired) electrons. The Bertz CT molecular complexity index is 1010. The van der Waals surface area contributed by atoms with E-state index < -0.39 is 0 Å². The molecule has 1 N–H and O–H groups in total. The Labute approximate surface area is 196 Å². The van der Waals surface area contributed by atoms with Gasteiger partial charge in [0.2, 0.25) is 0 Å². The third-order valence-corrected chi connectivity index (χ3v) is 5.60. The molecule has 5 nitrogen and oxygen atoms in total. The molecule has 32 heavy (non-hydrogen) atoms. The lowest BCUT2D eigenvalue weighted by Gasteiger charge is -2.30. The molecule has 2 aromatic heterocycles. The molecule has 1 aromatic carbocycles. The van der Waals surface area contributed by atoms with Crippen LogP contribution in [0.3, 0.4) is 0 Å². The fraction of sp³-hybridized carbons (Fsp3) is 0.346. The van der Waals surface area contributed by atoms with E-state index in [4.69, 9.17) is 11.6 Å². The van der Waals surface area contributed by atoms with Crippen LogP contribution in [0.1, 0.15) is 42.8 Å². The monoisotopic (exact) mass is 449 g/mol. The molecule has 1 aliphatic heterocycles. The molecule has 168 valence electrons. The molecular formula is C26H32ClN5. The zero-order valence-electron chi connectivity index (χ0n) is 19.2. The first-order chi connectivity index (χ1) is 15.6. The van der Waals surface area contributed by atoms with Gasteiger partial charge in [0.1, 0.15) is 12.1 Å². The molecule has 0 amide bonds. The summed E-state index contributed by atoms with van der Waals surface area (Å²) in [6.07, 6.45) is 7.88. The largest absolute Gasteiger partial charge is 0.353 e. The van der Waals surface area contributed by atoms with E-state index in [-0.39, 0.29) is 0 Å². The molecule has 0 bridgehead atoms. The lowest BCUT2D eigenvalue weighted by atomic mass is 10.00. The lowest BCUT2D eigenvalue weighted by Crippen LogP contribution is -2.44. The van der Waals surface area contributed by atoms with Gasteiger partial charge < -0.3 is 10.2 Å². The highest BCUT2D eigenvalue weighted by molar-refractivity contribution is 6.30. The van der Waals surface area contributed by atoms with Crippen molar-refractivity contribution in [1.82, 2.24) is 20.3 Å². The van der Waals surface area contributed by atoms with Gasteiger partial charge in [-0.05, 0) is 50.1 Å². The number of hydrogen-bond acceptors (Lipinski definition) is 5. The van der Waals surface area contributed by atoms with E-state index in [1.807, 2.05) is 56.4 Å². The van der Waals surface area contributed by atoms with Crippen molar-refractivity contribution >= 4 is 23.0 Å². The summed E-state index contributed by atoms with van der Waals surface area (Å²) in [5.74, 6) is 1.01. The maximum Gasteiger partial charge on any atom is 0.140 e. The summed E-state index contributed by atoms with van der Waals surface area (Å²) in [5.41, 5.74) is 5.45. The van der Waals surface area contributed by atoms with Gasteiger partial charge in [0.05, 0.1) is 11.4 Å². The number of aromatic nitrogens is 3. The van der Waals surface area contributed by atoms with Crippen molar-refractivity contribution < 1.29 is 0 Å². The van der Waals surface area contributed by atoms with Gasteiger partial charge in [0, 0.05) is 48.5 Å². The second-order valence-corrected chi connectivity index (χ2v) is 8.13. The van der Waals surface area contributed by atoms with Crippen LogP contribution in [0.5, 0.6) is 0 Å². The van der Waals surface area contributed by atoms with Crippen molar-refractivity contribution in [2.24, 2.45) is 0 Å². The Morgan fingerprint density at radius 3 is 2.56 bits per heavy atom. The Hall–Kier alpha value is -2.76. The van der Waals surface area contributed by atoms with Gasteiger partial charge in [-0.2, -0.15) is 0 Å². The minimum absolute atomic E-state index is 0.839. The molecular weight excluding hydrogens is 418 g/mol. The molecule has 0 atom stereocenters. The minimum atomic E-state index is 0.839. The molecule has 0 spiro atoms. The maximum absolute atomic E-state index is 5.78. The number of pyridine rings is 1. The molecule has 1 fully saturated rings. The molecule has 1 saturated heterocycles. The van der Waals surface area contributed by atoms with Crippen molar-refractivity contribution in [2.45, 2.75) is 33.6 Å². The average Bonchev–Trinajstić information content (AvgIpc) is 2.82. The van der Waals surface area contributed by atoms with Crippen molar-refractivity contribution in [1.29, 1.82) is 0 Å². The zero-order valence-corrected chi connectivity index (χ0v) is 19.9. The second-order valence-electron chi connectivity index (χ2n) is 7.69. The van der Waals surface area contributed by atoms with Gasteiger partial charge in [0.15, 0.2) is 0 Å². The quantitative estimate of drug-likeness (QED) is 0.570. The number of hydrogen-bond donors (Lipinski definition) is 1. The van der Waals surface area contributed by atoms with Crippen LogP contribution in [0.4, 0.5) is 5.82 Å². The number of nitrogens with zero attached hydrogens (tertiary/aromatic N) is 4. The standard InChI is InChI=1S/C17H21N5.C9H11Cl/c1-3-14(15-6-4-5-7-19-15)16-13(2)20-12-21-17(16)22-10-8-18-9-11-22;1-2-4-8-5-3-6-9(10)7-8/h3-7,12,18H,8-11H2,1-2H3;3,5-7H,2,4H2,1H3/b14-3-;. The highest BCUT2D eigenvalue weighted by atomic mass is 35.5. The molecule has 4 rings (SSSR count). The number of anilines is 1.